The van der Waals surface area contributed by atoms with Gasteiger partial charge in [0.25, 0.3) is 0 Å². The highest BCUT2D eigenvalue weighted by molar-refractivity contribution is 6.19. The van der Waals surface area contributed by atoms with E-state index < -0.39 is 35.0 Å². The predicted molar refractivity (Wildman–Crippen MR) is 89.9 cm³/mol. The van der Waals surface area contributed by atoms with Gasteiger partial charge in [-0.15, -0.1) is 0 Å². The van der Waals surface area contributed by atoms with Gasteiger partial charge in [-0.25, -0.2) is 9.59 Å². The fourth-order valence-corrected chi connectivity index (χ4v) is 2.15. The van der Waals surface area contributed by atoms with E-state index in [0.717, 1.165) is 12.2 Å². The molecule has 0 N–H and O–H groups in total. The molecule has 2 aromatic rings. The van der Waals surface area contributed by atoms with E-state index in [1.54, 1.807) is 36.4 Å². The van der Waals surface area contributed by atoms with Crippen LogP contribution in [0.1, 0.15) is 20.7 Å². The van der Waals surface area contributed by atoms with E-state index in [1.807, 2.05) is 0 Å². The quantitative estimate of drug-likeness (QED) is 0.623. The minimum absolute atomic E-state index is 0.235. The summed E-state index contributed by atoms with van der Waals surface area (Å²) in [7, 11) is 0. The van der Waals surface area contributed by atoms with Crippen molar-refractivity contribution in [1.82, 2.24) is 0 Å². The molecule has 0 fully saturated rings. The Morgan fingerprint density at radius 2 is 0.923 bits per heavy atom. The molecule has 0 atom stereocenters. The summed E-state index contributed by atoms with van der Waals surface area (Å²) in [6, 6.07) is 16.1. The van der Waals surface area contributed by atoms with Crippen LogP contribution in [-0.2, 0) is 19.1 Å². The fraction of sp³-hybridized carbons (Fsp3) is 0. The molecule has 0 saturated heterocycles. The molecule has 6 heteroatoms. The Hall–Kier alpha value is -3.80. The maximum atomic E-state index is 12.1. The van der Waals surface area contributed by atoms with E-state index in [1.165, 1.54) is 24.3 Å². The van der Waals surface area contributed by atoms with Gasteiger partial charge >= 0.3 is 11.9 Å². The molecule has 0 radical (unpaired) electrons. The third-order valence-electron chi connectivity index (χ3n) is 3.43. The van der Waals surface area contributed by atoms with Crippen molar-refractivity contribution in [3.63, 3.8) is 0 Å². The van der Waals surface area contributed by atoms with E-state index in [0.29, 0.717) is 0 Å². The topological polar surface area (TPSA) is 86.7 Å². The molecule has 128 valence electrons. The van der Waals surface area contributed by atoms with Crippen LogP contribution in [0.2, 0.25) is 0 Å². The van der Waals surface area contributed by atoms with Crippen LogP contribution in [-0.4, -0.2) is 23.5 Å². The van der Waals surface area contributed by atoms with Gasteiger partial charge in [0.15, 0.2) is 11.5 Å². The van der Waals surface area contributed by atoms with Gasteiger partial charge in [0.05, 0.1) is 11.1 Å². The normalized spacial score (nSPS) is 13.5. The fourth-order valence-electron chi connectivity index (χ4n) is 2.15. The van der Waals surface area contributed by atoms with Crippen molar-refractivity contribution in [2.24, 2.45) is 0 Å². The van der Waals surface area contributed by atoms with Crippen LogP contribution in [0.5, 0.6) is 0 Å². The number of allylic oxidation sites excluding steroid dienone is 2. The first-order chi connectivity index (χ1) is 12.5. The van der Waals surface area contributed by atoms with E-state index in [-0.39, 0.29) is 11.1 Å². The number of ether oxygens (including phenoxy) is 2. The van der Waals surface area contributed by atoms with Crippen molar-refractivity contribution >= 4 is 23.5 Å². The van der Waals surface area contributed by atoms with E-state index in [9.17, 15) is 19.2 Å². The van der Waals surface area contributed by atoms with Gasteiger partial charge in [-0.05, 0) is 24.3 Å². The molecule has 0 heterocycles. The lowest BCUT2D eigenvalue weighted by Crippen LogP contribution is -2.20. The largest absolute Gasteiger partial charge is 0.419 e. The lowest BCUT2D eigenvalue weighted by molar-refractivity contribution is -0.118. The summed E-state index contributed by atoms with van der Waals surface area (Å²) < 4.78 is 9.93. The maximum Gasteiger partial charge on any atom is 0.343 e. The van der Waals surface area contributed by atoms with Gasteiger partial charge in [0.1, 0.15) is 0 Å². The zero-order chi connectivity index (χ0) is 18.5. The van der Waals surface area contributed by atoms with Crippen molar-refractivity contribution in [3.8, 4) is 0 Å². The molecule has 0 aliphatic heterocycles. The minimum Gasteiger partial charge on any atom is -0.419 e. The summed E-state index contributed by atoms with van der Waals surface area (Å²) in [5.74, 6) is -3.88. The number of esters is 2. The lowest BCUT2D eigenvalue weighted by Gasteiger charge is -2.12. The Morgan fingerprint density at radius 3 is 1.27 bits per heavy atom. The standard InChI is InChI=1S/C20H12O6/c21-15-12-18(26-20(24)14-9-5-2-6-10-14)16(22)11-17(15)25-19(23)13-7-3-1-4-8-13/h1-12H. The van der Waals surface area contributed by atoms with Crippen molar-refractivity contribution in [3.05, 3.63) is 95.5 Å². The lowest BCUT2D eigenvalue weighted by atomic mass is 10.1. The summed E-state index contributed by atoms with van der Waals surface area (Å²) in [6.45, 7) is 0. The molecule has 3 rings (SSSR count). The van der Waals surface area contributed by atoms with Gasteiger partial charge < -0.3 is 9.47 Å². The van der Waals surface area contributed by atoms with E-state index in [2.05, 4.69) is 0 Å². The van der Waals surface area contributed by atoms with Crippen molar-refractivity contribution in [1.29, 1.82) is 0 Å². The van der Waals surface area contributed by atoms with Crippen LogP contribution in [0.3, 0.4) is 0 Å². The highest BCUT2D eigenvalue weighted by Crippen LogP contribution is 2.17. The van der Waals surface area contributed by atoms with Crippen LogP contribution >= 0.6 is 0 Å². The molecule has 1 aliphatic rings. The number of hydrogen-bond acceptors (Lipinski definition) is 6. The molecule has 0 spiro atoms. The molecule has 26 heavy (non-hydrogen) atoms. The molecule has 0 bridgehead atoms. The van der Waals surface area contributed by atoms with Gasteiger partial charge in [0, 0.05) is 12.2 Å². The molecule has 1 aliphatic carbocycles. The Balaban J connectivity index is 1.70. The Morgan fingerprint density at radius 1 is 0.577 bits per heavy atom. The molecule has 0 aromatic heterocycles. The summed E-state index contributed by atoms with van der Waals surface area (Å²) >= 11 is 0. The molecule has 0 amide bonds. The van der Waals surface area contributed by atoms with E-state index in [4.69, 9.17) is 9.47 Å². The Labute approximate surface area is 148 Å². The predicted octanol–water partition coefficient (Wildman–Crippen LogP) is 2.62. The molecule has 6 nitrogen and oxygen atoms in total. The summed E-state index contributed by atoms with van der Waals surface area (Å²) in [5.41, 5.74) is 0.470. The van der Waals surface area contributed by atoms with Gasteiger partial charge in [0.2, 0.25) is 11.6 Å². The zero-order valence-electron chi connectivity index (χ0n) is 13.4. The molecule has 2 aromatic carbocycles. The van der Waals surface area contributed by atoms with Crippen LogP contribution in [0, 0.1) is 0 Å². The highest BCUT2D eigenvalue weighted by Gasteiger charge is 2.27. The smallest absolute Gasteiger partial charge is 0.343 e. The number of carbonyl (C=O) groups excluding carboxylic acids is 4. The van der Waals surface area contributed by atoms with E-state index >= 15 is 0 Å². The number of rotatable bonds is 4. The number of carbonyl (C=O) groups is 4. The second kappa shape index (κ2) is 7.40. The number of benzene rings is 2. The molecular formula is C20H12O6. The zero-order valence-corrected chi connectivity index (χ0v) is 13.4. The first kappa shape index (κ1) is 17.0. The van der Waals surface area contributed by atoms with Crippen molar-refractivity contribution in [2.45, 2.75) is 0 Å². The summed E-state index contributed by atoms with van der Waals surface area (Å²) in [4.78, 5) is 48.1. The van der Waals surface area contributed by atoms with Gasteiger partial charge in [-0.2, -0.15) is 0 Å². The van der Waals surface area contributed by atoms with Crippen LogP contribution in [0.4, 0.5) is 0 Å². The third kappa shape index (κ3) is 3.81. The SMILES string of the molecule is O=C1C=C(OC(=O)c2ccccc2)C(=O)C=C1OC(=O)c1ccccc1. The average molecular weight is 348 g/mol. The van der Waals surface area contributed by atoms with Crippen LogP contribution < -0.4 is 0 Å². The third-order valence-corrected chi connectivity index (χ3v) is 3.43. The van der Waals surface area contributed by atoms with Crippen molar-refractivity contribution in [2.75, 3.05) is 0 Å². The average Bonchev–Trinajstić information content (AvgIpc) is 2.67. The number of ketones is 2. The Kier molecular flexibility index (Phi) is 4.85. The van der Waals surface area contributed by atoms with Crippen LogP contribution in [0.15, 0.2) is 84.3 Å². The summed E-state index contributed by atoms with van der Waals surface area (Å²) in [5, 5.41) is 0. The second-order valence-corrected chi connectivity index (χ2v) is 5.26. The second-order valence-electron chi connectivity index (χ2n) is 5.26. The summed E-state index contributed by atoms with van der Waals surface area (Å²) in [6.07, 6.45) is 1.66. The Bertz CT molecular complexity index is 859. The molecular weight excluding hydrogens is 336 g/mol. The number of hydrogen-bond donors (Lipinski definition) is 0. The van der Waals surface area contributed by atoms with Gasteiger partial charge in [-0.3, -0.25) is 9.59 Å². The van der Waals surface area contributed by atoms with Crippen LogP contribution in [0.25, 0.3) is 0 Å². The monoisotopic (exact) mass is 348 g/mol. The maximum absolute atomic E-state index is 12.1. The highest BCUT2D eigenvalue weighted by atomic mass is 16.5. The minimum atomic E-state index is -0.767. The first-order valence-electron chi connectivity index (χ1n) is 7.61. The van der Waals surface area contributed by atoms with Gasteiger partial charge in [-0.1, -0.05) is 36.4 Å². The van der Waals surface area contributed by atoms with Crippen molar-refractivity contribution < 1.29 is 28.7 Å². The molecule has 0 unspecified atom stereocenters. The molecule has 0 saturated carbocycles. The first-order valence-corrected chi connectivity index (χ1v) is 7.61.